The fourth-order valence-electron chi connectivity index (χ4n) is 1.12. The summed E-state index contributed by atoms with van der Waals surface area (Å²) in [7, 11) is 0. The lowest BCUT2D eigenvalue weighted by atomic mass is 10.3. The van der Waals surface area contributed by atoms with Gasteiger partial charge in [-0.05, 0) is 12.1 Å². The van der Waals surface area contributed by atoms with Gasteiger partial charge in [-0.3, -0.25) is 0 Å². The van der Waals surface area contributed by atoms with Crippen molar-refractivity contribution in [3.63, 3.8) is 0 Å². The molecule has 0 radical (unpaired) electrons. The second-order valence-corrected chi connectivity index (χ2v) is 4.76. The highest BCUT2D eigenvalue weighted by Crippen LogP contribution is 2.30. The van der Waals surface area contributed by atoms with E-state index < -0.39 is 11.6 Å². The van der Waals surface area contributed by atoms with Gasteiger partial charge in [-0.2, -0.15) is 13.7 Å². The summed E-state index contributed by atoms with van der Waals surface area (Å²) in [6.07, 6.45) is 0.662. The fourth-order valence-corrected chi connectivity index (χ4v) is 2.16. The summed E-state index contributed by atoms with van der Waals surface area (Å²) < 4.78 is 36.0. The molecule has 0 aliphatic rings. The van der Waals surface area contributed by atoms with E-state index in [0.29, 0.717) is 16.7 Å². The van der Waals surface area contributed by atoms with Crippen molar-refractivity contribution in [3.8, 4) is 10.9 Å². The SMILES string of the molecule is CCc1nsc(Oc2cc(Br)cc(F)c2F)n1. The van der Waals surface area contributed by atoms with Crippen molar-refractivity contribution in [3.05, 3.63) is 34.1 Å². The third-order valence-electron chi connectivity index (χ3n) is 1.92. The van der Waals surface area contributed by atoms with E-state index in [-0.39, 0.29) is 10.9 Å². The zero-order valence-electron chi connectivity index (χ0n) is 8.71. The van der Waals surface area contributed by atoms with Crippen LogP contribution in [0.4, 0.5) is 8.78 Å². The number of aryl methyl sites for hydroxylation is 1. The van der Waals surface area contributed by atoms with Gasteiger partial charge in [0.1, 0.15) is 5.82 Å². The molecule has 0 saturated heterocycles. The Kier molecular flexibility index (Phi) is 3.68. The van der Waals surface area contributed by atoms with Gasteiger partial charge in [0.2, 0.25) is 5.82 Å². The van der Waals surface area contributed by atoms with Crippen molar-refractivity contribution in [1.29, 1.82) is 0 Å². The summed E-state index contributed by atoms with van der Waals surface area (Å²) in [6.45, 7) is 1.89. The largest absolute Gasteiger partial charge is 0.427 e. The van der Waals surface area contributed by atoms with Crippen LogP contribution < -0.4 is 4.74 Å². The molecule has 0 N–H and O–H groups in total. The number of hydrogen-bond donors (Lipinski definition) is 0. The van der Waals surface area contributed by atoms with Gasteiger partial charge in [-0.15, -0.1) is 0 Å². The van der Waals surface area contributed by atoms with Crippen molar-refractivity contribution >= 4 is 27.5 Å². The quantitative estimate of drug-likeness (QED) is 0.804. The number of halogens is 3. The molecule has 1 heterocycles. The van der Waals surface area contributed by atoms with Crippen molar-refractivity contribution < 1.29 is 13.5 Å². The Bertz CT molecular complexity index is 547. The van der Waals surface area contributed by atoms with E-state index in [9.17, 15) is 8.78 Å². The lowest BCUT2D eigenvalue weighted by Crippen LogP contribution is -1.92. The van der Waals surface area contributed by atoms with Crippen LogP contribution in [0.2, 0.25) is 0 Å². The molecule has 0 bridgehead atoms. The molecule has 1 aromatic heterocycles. The molecule has 2 rings (SSSR count). The van der Waals surface area contributed by atoms with Crippen LogP contribution in [-0.4, -0.2) is 9.36 Å². The molecular formula is C10H7BrF2N2OS. The minimum absolute atomic E-state index is 0.193. The van der Waals surface area contributed by atoms with Gasteiger partial charge < -0.3 is 4.74 Å². The zero-order valence-corrected chi connectivity index (χ0v) is 11.1. The lowest BCUT2D eigenvalue weighted by Gasteiger charge is -2.04. The molecule has 2 aromatic rings. The Morgan fingerprint density at radius 1 is 1.41 bits per heavy atom. The van der Waals surface area contributed by atoms with Crippen LogP contribution in [0, 0.1) is 11.6 Å². The maximum Gasteiger partial charge on any atom is 0.298 e. The van der Waals surface area contributed by atoms with Crippen LogP contribution in [0.3, 0.4) is 0 Å². The van der Waals surface area contributed by atoms with Gasteiger partial charge in [0.25, 0.3) is 5.19 Å². The molecule has 7 heteroatoms. The second-order valence-electron chi connectivity index (χ2n) is 3.13. The van der Waals surface area contributed by atoms with E-state index in [4.69, 9.17) is 4.74 Å². The first kappa shape index (κ1) is 12.4. The van der Waals surface area contributed by atoms with Crippen LogP contribution in [0.15, 0.2) is 16.6 Å². The molecule has 0 saturated carbocycles. The smallest absolute Gasteiger partial charge is 0.298 e. The number of ether oxygens (including phenoxy) is 1. The Morgan fingerprint density at radius 2 is 2.18 bits per heavy atom. The summed E-state index contributed by atoms with van der Waals surface area (Å²) in [5.74, 6) is -1.62. The molecule has 0 atom stereocenters. The predicted molar refractivity (Wildman–Crippen MR) is 63.4 cm³/mol. The maximum atomic E-state index is 13.4. The van der Waals surface area contributed by atoms with Crippen LogP contribution in [-0.2, 0) is 6.42 Å². The Morgan fingerprint density at radius 3 is 2.82 bits per heavy atom. The molecule has 0 amide bonds. The van der Waals surface area contributed by atoms with E-state index in [2.05, 4.69) is 25.3 Å². The maximum absolute atomic E-state index is 13.4. The first-order chi connectivity index (χ1) is 8.10. The van der Waals surface area contributed by atoms with Gasteiger partial charge in [-0.1, -0.05) is 22.9 Å². The molecular weight excluding hydrogens is 314 g/mol. The van der Waals surface area contributed by atoms with Gasteiger partial charge >= 0.3 is 0 Å². The predicted octanol–water partition coefficient (Wildman–Crippen LogP) is 3.93. The third-order valence-corrected chi connectivity index (χ3v) is 3.01. The molecule has 17 heavy (non-hydrogen) atoms. The monoisotopic (exact) mass is 320 g/mol. The number of aromatic nitrogens is 2. The highest BCUT2D eigenvalue weighted by Gasteiger charge is 2.14. The van der Waals surface area contributed by atoms with Gasteiger partial charge in [-0.25, -0.2) is 4.39 Å². The molecule has 0 aliphatic heterocycles. The standard InChI is InChI=1S/C10H7BrF2N2OS/c1-2-8-14-10(17-15-8)16-7-4-5(11)3-6(12)9(7)13/h3-4H,2H2,1H3. The van der Waals surface area contributed by atoms with Crippen molar-refractivity contribution in [1.82, 2.24) is 9.36 Å². The fraction of sp³-hybridized carbons (Fsp3) is 0.200. The highest BCUT2D eigenvalue weighted by atomic mass is 79.9. The van der Waals surface area contributed by atoms with Gasteiger partial charge in [0.15, 0.2) is 11.6 Å². The molecule has 1 aromatic carbocycles. The lowest BCUT2D eigenvalue weighted by molar-refractivity contribution is 0.413. The first-order valence-electron chi connectivity index (χ1n) is 4.75. The summed E-state index contributed by atoms with van der Waals surface area (Å²) >= 11 is 4.06. The van der Waals surface area contributed by atoms with E-state index in [1.54, 1.807) is 0 Å². The zero-order chi connectivity index (χ0) is 12.4. The Labute approximate surface area is 109 Å². The molecule has 0 aliphatic carbocycles. The highest BCUT2D eigenvalue weighted by molar-refractivity contribution is 9.10. The first-order valence-corrected chi connectivity index (χ1v) is 6.31. The van der Waals surface area contributed by atoms with Crippen LogP contribution in [0.1, 0.15) is 12.7 Å². The van der Waals surface area contributed by atoms with E-state index in [1.165, 1.54) is 6.07 Å². The van der Waals surface area contributed by atoms with Gasteiger partial charge in [0.05, 0.1) is 0 Å². The number of nitrogens with zero attached hydrogens (tertiary/aromatic N) is 2. The molecule has 0 fully saturated rings. The minimum atomic E-state index is -1.04. The topological polar surface area (TPSA) is 35.0 Å². The van der Waals surface area contributed by atoms with Gasteiger partial charge in [0, 0.05) is 22.4 Å². The number of hydrogen-bond acceptors (Lipinski definition) is 4. The number of rotatable bonds is 3. The van der Waals surface area contributed by atoms with Crippen molar-refractivity contribution in [2.24, 2.45) is 0 Å². The Balaban J connectivity index is 2.29. The molecule has 0 spiro atoms. The van der Waals surface area contributed by atoms with E-state index in [0.717, 1.165) is 17.6 Å². The Hall–Kier alpha value is -1.08. The third kappa shape index (κ3) is 2.78. The summed E-state index contributed by atoms with van der Waals surface area (Å²) in [4.78, 5) is 4.01. The average Bonchev–Trinajstić information content (AvgIpc) is 2.73. The van der Waals surface area contributed by atoms with Crippen LogP contribution >= 0.6 is 27.5 Å². The van der Waals surface area contributed by atoms with E-state index in [1.807, 2.05) is 6.92 Å². The second kappa shape index (κ2) is 5.05. The van der Waals surface area contributed by atoms with Crippen LogP contribution in [0.25, 0.3) is 0 Å². The average molecular weight is 321 g/mol. The molecule has 90 valence electrons. The molecule has 0 unspecified atom stereocenters. The normalized spacial score (nSPS) is 10.6. The van der Waals surface area contributed by atoms with Crippen LogP contribution in [0.5, 0.6) is 10.9 Å². The summed E-state index contributed by atoms with van der Waals surface area (Å²) in [5, 5.41) is 0.193. The van der Waals surface area contributed by atoms with E-state index >= 15 is 0 Å². The summed E-state index contributed by atoms with van der Waals surface area (Å²) in [5.41, 5.74) is 0. The van der Waals surface area contributed by atoms with Crippen molar-refractivity contribution in [2.45, 2.75) is 13.3 Å². The minimum Gasteiger partial charge on any atom is -0.427 e. The summed E-state index contributed by atoms with van der Waals surface area (Å²) in [6, 6.07) is 2.37. The molecule has 3 nitrogen and oxygen atoms in total. The van der Waals surface area contributed by atoms with Crippen molar-refractivity contribution in [2.75, 3.05) is 0 Å². The number of benzene rings is 1.